The highest BCUT2D eigenvalue weighted by molar-refractivity contribution is 5.65. The molecule has 23 heavy (non-hydrogen) atoms. The van der Waals surface area contributed by atoms with E-state index in [4.69, 9.17) is 0 Å². The van der Waals surface area contributed by atoms with Crippen molar-refractivity contribution >= 4 is 6.08 Å². The number of aryl methyl sites for hydroxylation is 1. The molecule has 0 atom stereocenters. The van der Waals surface area contributed by atoms with E-state index in [-0.39, 0.29) is 0 Å². The lowest BCUT2D eigenvalue weighted by molar-refractivity contribution is 0.433. The van der Waals surface area contributed by atoms with Gasteiger partial charge in [0.15, 0.2) is 0 Å². The van der Waals surface area contributed by atoms with Crippen LogP contribution in [0.2, 0.25) is 0 Å². The Morgan fingerprint density at radius 1 is 0.826 bits per heavy atom. The summed E-state index contributed by atoms with van der Waals surface area (Å²) >= 11 is 0. The summed E-state index contributed by atoms with van der Waals surface area (Å²) in [7, 11) is 0. The van der Waals surface area contributed by atoms with Crippen molar-refractivity contribution in [2.45, 2.75) is 88.9 Å². The van der Waals surface area contributed by atoms with E-state index >= 15 is 0 Å². The standard InChI is InChI=1S/C23H31/c1-17-22(18-10-4-2-5-11-18)16-20-14-8-9-15-21(20)23(17)19-12-6-3-7-13-19/h9,15-16,18-19H,1-8,10-14H2/q-1. The van der Waals surface area contributed by atoms with Crippen LogP contribution in [0.15, 0.2) is 12.1 Å². The van der Waals surface area contributed by atoms with Crippen LogP contribution in [-0.4, -0.2) is 0 Å². The average Bonchev–Trinajstić information content (AvgIpc) is 2.63. The van der Waals surface area contributed by atoms with Crippen molar-refractivity contribution in [2.75, 3.05) is 0 Å². The molecule has 3 aliphatic rings. The lowest BCUT2D eigenvalue weighted by Gasteiger charge is -2.38. The van der Waals surface area contributed by atoms with Crippen molar-refractivity contribution in [1.29, 1.82) is 0 Å². The van der Waals surface area contributed by atoms with Crippen molar-refractivity contribution < 1.29 is 0 Å². The minimum absolute atomic E-state index is 0.774. The Morgan fingerprint density at radius 3 is 2.17 bits per heavy atom. The first-order valence-corrected chi connectivity index (χ1v) is 10.0. The Morgan fingerprint density at radius 2 is 1.48 bits per heavy atom. The van der Waals surface area contributed by atoms with Gasteiger partial charge in [0.1, 0.15) is 0 Å². The lowest BCUT2D eigenvalue weighted by atomic mass is 9.73. The van der Waals surface area contributed by atoms with Crippen molar-refractivity contribution in [3.63, 3.8) is 0 Å². The van der Waals surface area contributed by atoms with Gasteiger partial charge < -0.3 is 0 Å². The van der Waals surface area contributed by atoms with E-state index in [9.17, 15) is 0 Å². The average molecular weight is 308 g/mol. The maximum atomic E-state index is 4.65. The summed E-state index contributed by atoms with van der Waals surface area (Å²) in [4.78, 5) is 0. The van der Waals surface area contributed by atoms with E-state index in [1.165, 1.54) is 82.6 Å². The minimum Gasteiger partial charge on any atom is -0.198 e. The zero-order valence-corrected chi connectivity index (χ0v) is 14.6. The van der Waals surface area contributed by atoms with Crippen molar-refractivity contribution in [3.05, 3.63) is 46.9 Å². The highest BCUT2D eigenvalue weighted by atomic mass is 14.3. The van der Waals surface area contributed by atoms with E-state index in [1.807, 2.05) is 0 Å². The summed E-state index contributed by atoms with van der Waals surface area (Å²) in [5.74, 6) is 1.56. The Balaban J connectivity index is 1.79. The molecule has 0 heteroatoms. The number of hydrogen-bond donors (Lipinski definition) is 0. The Hall–Kier alpha value is -1.17. The second-order valence-electron chi connectivity index (χ2n) is 8.04. The maximum absolute atomic E-state index is 4.65. The smallest absolute Gasteiger partial charge is 0.0259 e. The third kappa shape index (κ3) is 2.97. The molecule has 0 nitrogen and oxygen atoms in total. The molecule has 0 aliphatic heterocycles. The molecule has 0 bridgehead atoms. The Bertz CT molecular complexity index is 581. The monoisotopic (exact) mass is 307 g/mol. The quantitative estimate of drug-likeness (QED) is 0.520. The fourth-order valence-electron chi connectivity index (χ4n) is 5.32. The second kappa shape index (κ2) is 6.75. The van der Waals surface area contributed by atoms with Crippen LogP contribution in [0.25, 0.3) is 6.08 Å². The fraction of sp³-hybridized carbons (Fsp3) is 0.609. The van der Waals surface area contributed by atoms with Gasteiger partial charge in [0, 0.05) is 0 Å². The van der Waals surface area contributed by atoms with E-state index in [2.05, 4.69) is 25.1 Å². The van der Waals surface area contributed by atoms with Crippen LogP contribution in [0, 0.1) is 6.92 Å². The van der Waals surface area contributed by atoms with Crippen LogP contribution in [0.3, 0.4) is 0 Å². The van der Waals surface area contributed by atoms with Gasteiger partial charge in [-0.2, -0.15) is 12.5 Å². The summed E-state index contributed by atoms with van der Waals surface area (Å²) in [6, 6.07) is 2.56. The number of fused-ring (bicyclic) bond motifs is 1. The summed E-state index contributed by atoms with van der Waals surface area (Å²) in [5.41, 5.74) is 7.89. The predicted molar refractivity (Wildman–Crippen MR) is 99.9 cm³/mol. The first kappa shape index (κ1) is 15.4. The van der Waals surface area contributed by atoms with E-state index in [0.29, 0.717) is 0 Å². The van der Waals surface area contributed by atoms with Gasteiger partial charge in [-0.15, -0.1) is 17.2 Å². The van der Waals surface area contributed by atoms with Crippen LogP contribution >= 0.6 is 0 Å². The minimum atomic E-state index is 0.774. The molecule has 0 aromatic heterocycles. The van der Waals surface area contributed by atoms with Crippen molar-refractivity contribution in [2.24, 2.45) is 0 Å². The summed E-state index contributed by atoms with van der Waals surface area (Å²) < 4.78 is 0. The lowest BCUT2D eigenvalue weighted by Crippen LogP contribution is -2.15. The van der Waals surface area contributed by atoms with Crippen molar-refractivity contribution in [3.8, 4) is 0 Å². The molecule has 0 amide bonds. The second-order valence-corrected chi connectivity index (χ2v) is 8.04. The predicted octanol–water partition coefficient (Wildman–Crippen LogP) is 6.92. The van der Waals surface area contributed by atoms with Crippen LogP contribution in [0.1, 0.15) is 110 Å². The highest BCUT2D eigenvalue weighted by Crippen LogP contribution is 2.44. The number of benzene rings is 1. The molecule has 0 heterocycles. The molecular weight excluding hydrogens is 276 g/mol. The molecular formula is C23H31-. The largest absolute Gasteiger partial charge is 0.198 e. The van der Waals surface area contributed by atoms with Crippen LogP contribution in [-0.2, 0) is 6.42 Å². The topological polar surface area (TPSA) is 0 Å². The first-order chi connectivity index (χ1) is 11.3. The van der Waals surface area contributed by atoms with Gasteiger partial charge in [-0.25, -0.2) is 0 Å². The van der Waals surface area contributed by atoms with Crippen molar-refractivity contribution in [1.82, 2.24) is 0 Å². The van der Waals surface area contributed by atoms with Gasteiger partial charge >= 0.3 is 0 Å². The normalized spacial score (nSPS) is 23.0. The van der Waals surface area contributed by atoms with Gasteiger partial charge in [-0.1, -0.05) is 99.3 Å². The fourth-order valence-corrected chi connectivity index (χ4v) is 5.32. The third-order valence-corrected chi connectivity index (χ3v) is 6.56. The molecule has 3 aliphatic carbocycles. The molecule has 1 aromatic rings. The van der Waals surface area contributed by atoms with Crippen LogP contribution < -0.4 is 0 Å². The van der Waals surface area contributed by atoms with E-state index < -0.39 is 0 Å². The van der Waals surface area contributed by atoms with Crippen LogP contribution in [0.5, 0.6) is 0 Å². The Kier molecular flexibility index (Phi) is 4.51. The number of allylic oxidation sites excluding steroid dienone is 1. The summed E-state index contributed by atoms with van der Waals surface area (Å²) in [6.45, 7) is 4.65. The van der Waals surface area contributed by atoms with Gasteiger partial charge in [-0.05, 0) is 12.8 Å². The zero-order chi connectivity index (χ0) is 15.6. The molecule has 0 N–H and O–H groups in total. The molecule has 1 aromatic carbocycles. The summed E-state index contributed by atoms with van der Waals surface area (Å²) in [5, 5.41) is 0. The van der Waals surface area contributed by atoms with Gasteiger partial charge in [0.2, 0.25) is 0 Å². The zero-order valence-electron chi connectivity index (χ0n) is 14.6. The van der Waals surface area contributed by atoms with Gasteiger partial charge in [0.05, 0.1) is 0 Å². The molecule has 2 fully saturated rings. The third-order valence-electron chi connectivity index (χ3n) is 6.56. The van der Waals surface area contributed by atoms with Gasteiger partial charge in [-0.3, -0.25) is 0 Å². The maximum Gasteiger partial charge on any atom is -0.0259 e. The molecule has 0 saturated heterocycles. The molecule has 4 rings (SSSR count). The number of rotatable bonds is 2. The molecule has 0 radical (unpaired) electrons. The van der Waals surface area contributed by atoms with E-state index in [0.717, 1.165) is 11.8 Å². The SMILES string of the molecule is [CH2-]c1c(C2CCCCC2)cc2c(c1C1CCCCC1)C=CCC2. The number of hydrogen-bond acceptors (Lipinski definition) is 0. The Labute approximate surface area is 142 Å². The van der Waals surface area contributed by atoms with Crippen LogP contribution in [0.4, 0.5) is 0 Å². The highest BCUT2D eigenvalue weighted by Gasteiger charge is 2.21. The first-order valence-electron chi connectivity index (χ1n) is 10.0. The molecule has 0 spiro atoms. The van der Waals surface area contributed by atoms with E-state index in [1.54, 1.807) is 22.3 Å². The molecule has 2 saturated carbocycles. The van der Waals surface area contributed by atoms with Gasteiger partial charge in [0.25, 0.3) is 0 Å². The molecule has 124 valence electrons. The molecule has 0 unspecified atom stereocenters. The summed E-state index contributed by atoms with van der Waals surface area (Å²) in [6.07, 6.45) is 21.3.